The smallest absolute Gasteiger partial charge is 0.120 e. The fourth-order valence-corrected chi connectivity index (χ4v) is 1.16. The highest BCUT2D eigenvalue weighted by Crippen LogP contribution is 2.17. The van der Waals surface area contributed by atoms with Gasteiger partial charge in [0.25, 0.3) is 0 Å². The van der Waals surface area contributed by atoms with Crippen LogP contribution < -0.4 is 16.0 Å². The lowest BCUT2D eigenvalue weighted by Gasteiger charge is -2.04. The number of ether oxygens (including phenoxy) is 1. The minimum absolute atomic E-state index is 0.576. The summed E-state index contributed by atoms with van der Waals surface area (Å²) in [6.07, 6.45) is 0. The fourth-order valence-electron chi connectivity index (χ4n) is 0.785. The molecule has 1 rings (SSSR count). The van der Waals surface area contributed by atoms with Crippen LogP contribution in [-0.4, -0.2) is 13.2 Å². The maximum atomic E-state index is 5.35. The van der Waals surface area contributed by atoms with Crippen molar-refractivity contribution < 1.29 is 4.74 Å². The highest BCUT2D eigenvalue weighted by molar-refractivity contribution is 9.10. The van der Waals surface area contributed by atoms with Crippen molar-refractivity contribution in [3.63, 3.8) is 0 Å². The third-order valence-corrected chi connectivity index (χ3v) is 1.80. The molecule has 0 spiro atoms. The first-order chi connectivity index (χ1) is 5.83. The maximum Gasteiger partial charge on any atom is 0.120 e. The number of rotatable bonds is 4. The van der Waals surface area contributed by atoms with Gasteiger partial charge >= 0.3 is 0 Å². The van der Waals surface area contributed by atoms with Gasteiger partial charge < -0.3 is 4.74 Å². The fraction of sp³-hybridized carbons (Fsp3) is 0.250. The number of hydrogen-bond acceptors (Lipinski definition) is 3. The Morgan fingerprint density at radius 2 is 2.33 bits per heavy atom. The lowest BCUT2D eigenvalue weighted by atomic mass is 10.3. The summed E-state index contributed by atoms with van der Waals surface area (Å²) in [5.41, 5.74) is 2.52. The van der Waals surface area contributed by atoms with Gasteiger partial charge in [0.15, 0.2) is 0 Å². The SMILES string of the molecule is NNCCOc1cccc(Br)c1. The number of nitrogens with one attached hydrogen (secondary N) is 1. The van der Waals surface area contributed by atoms with Gasteiger partial charge in [-0.3, -0.25) is 11.3 Å². The minimum atomic E-state index is 0.576. The predicted molar refractivity (Wildman–Crippen MR) is 51.8 cm³/mol. The van der Waals surface area contributed by atoms with Crippen molar-refractivity contribution in [1.29, 1.82) is 0 Å². The highest BCUT2D eigenvalue weighted by Gasteiger charge is 1.92. The number of benzene rings is 1. The summed E-state index contributed by atoms with van der Waals surface area (Å²) in [7, 11) is 0. The number of halogens is 1. The molecular formula is C8H11BrN2O. The van der Waals surface area contributed by atoms with Crippen molar-refractivity contribution in [2.45, 2.75) is 0 Å². The third kappa shape index (κ3) is 3.21. The molecule has 0 amide bonds. The van der Waals surface area contributed by atoms with E-state index < -0.39 is 0 Å². The van der Waals surface area contributed by atoms with Crippen LogP contribution in [0.4, 0.5) is 0 Å². The highest BCUT2D eigenvalue weighted by atomic mass is 79.9. The lowest BCUT2D eigenvalue weighted by molar-refractivity contribution is 0.315. The quantitative estimate of drug-likeness (QED) is 0.466. The topological polar surface area (TPSA) is 47.3 Å². The first-order valence-electron chi connectivity index (χ1n) is 3.65. The molecule has 0 aromatic heterocycles. The second-order valence-electron chi connectivity index (χ2n) is 2.26. The molecule has 0 radical (unpaired) electrons. The van der Waals surface area contributed by atoms with Gasteiger partial charge in [-0.1, -0.05) is 22.0 Å². The molecule has 1 aromatic rings. The van der Waals surface area contributed by atoms with Gasteiger partial charge in [-0.25, -0.2) is 0 Å². The molecule has 0 aliphatic heterocycles. The molecule has 0 unspecified atom stereocenters. The maximum absolute atomic E-state index is 5.35. The molecular weight excluding hydrogens is 220 g/mol. The number of hydrazine groups is 1. The summed E-state index contributed by atoms with van der Waals surface area (Å²) >= 11 is 3.35. The summed E-state index contributed by atoms with van der Waals surface area (Å²) < 4.78 is 6.37. The van der Waals surface area contributed by atoms with Crippen molar-refractivity contribution in [1.82, 2.24) is 5.43 Å². The Balaban J connectivity index is 2.41. The average Bonchev–Trinajstić information content (AvgIpc) is 2.05. The van der Waals surface area contributed by atoms with E-state index in [0.29, 0.717) is 13.2 Å². The molecule has 0 atom stereocenters. The standard InChI is InChI=1S/C8H11BrN2O/c9-7-2-1-3-8(6-7)12-5-4-11-10/h1-3,6,11H,4-5,10H2. The first-order valence-corrected chi connectivity index (χ1v) is 4.44. The van der Waals surface area contributed by atoms with Crippen LogP contribution in [0.5, 0.6) is 5.75 Å². The second kappa shape index (κ2) is 5.13. The van der Waals surface area contributed by atoms with E-state index in [1.807, 2.05) is 24.3 Å². The van der Waals surface area contributed by atoms with Crippen molar-refractivity contribution in [3.05, 3.63) is 28.7 Å². The van der Waals surface area contributed by atoms with Gasteiger partial charge in [0.1, 0.15) is 12.4 Å². The Labute approximate surface area is 80.0 Å². The Kier molecular flexibility index (Phi) is 4.07. The van der Waals surface area contributed by atoms with Crippen LogP contribution in [0, 0.1) is 0 Å². The van der Waals surface area contributed by atoms with Crippen LogP contribution in [0.1, 0.15) is 0 Å². The summed E-state index contributed by atoms with van der Waals surface area (Å²) in [6, 6.07) is 7.70. The van der Waals surface area contributed by atoms with E-state index >= 15 is 0 Å². The van der Waals surface area contributed by atoms with E-state index in [1.165, 1.54) is 0 Å². The van der Waals surface area contributed by atoms with E-state index in [4.69, 9.17) is 10.6 Å². The summed E-state index contributed by atoms with van der Waals surface area (Å²) in [5.74, 6) is 5.93. The van der Waals surface area contributed by atoms with Crippen molar-refractivity contribution in [2.75, 3.05) is 13.2 Å². The third-order valence-electron chi connectivity index (χ3n) is 1.31. The van der Waals surface area contributed by atoms with Crippen molar-refractivity contribution in [3.8, 4) is 5.75 Å². The van der Waals surface area contributed by atoms with Crippen molar-refractivity contribution in [2.24, 2.45) is 5.84 Å². The normalized spacial score (nSPS) is 9.83. The summed E-state index contributed by atoms with van der Waals surface area (Å²) in [6.45, 7) is 1.22. The zero-order valence-corrected chi connectivity index (χ0v) is 8.17. The van der Waals surface area contributed by atoms with Crippen LogP contribution >= 0.6 is 15.9 Å². The number of nitrogens with two attached hydrogens (primary N) is 1. The van der Waals surface area contributed by atoms with Gasteiger partial charge in [-0.2, -0.15) is 0 Å². The van der Waals surface area contributed by atoms with Gasteiger partial charge in [-0.15, -0.1) is 0 Å². The monoisotopic (exact) mass is 230 g/mol. The predicted octanol–water partition coefficient (Wildman–Crippen LogP) is 1.29. The van der Waals surface area contributed by atoms with Crippen LogP contribution in [0.2, 0.25) is 0 Å². The van der Waals surface area contributed by atoms with E-state index in [1.54, 1.807) is 0 Å². The summed E-state index contributed by atoms with van der Waals surface area (Å²) in [5, 5.41) is 0. The minimum Gasteiger partial charge on any atom is -0.492 e. The van der Waals surface area contributed by atoms with Crippen LogP contribution in [-0.2, 0) is 0 Å². The van der Waals surface area contributed by atoms with Gasteiger partial charge in [0, 0.05) is 11.0 Å². The molecule has 12 heavy (non-hydrogen) atoms. The van der Waals surface area contributed by atoms with Crippen molar-refractivity contribution >= 4 is 15.9 Å². The molecule has 66 valence electrons. The summed E-state index contributed by atoms with van der Waals surface area (Å²) in [4.78, 5) is 0. The van der Waals surface area contributed by atoms with Gasteiger partial charge in [0.05, 0.1) is 0 Å². The Bertz CT molecular complexity index is 242. The molecule has 0 aliphatic rings. The average molecular weight is 231 g/mol. The molecule has 0 fully saturated rings. The first kappa shape index (κ1) is 9.51. The van der Waals surface area contributed by atoms with E-state index in [9.17, 15) is 0 Å². The van der Waals surface area contributed by atoms with Gasteiger partial charge in [0.2, 0.25) is 0 Å². The Hall–Kier alpha value is -0.580. The number of hydrogen-bond donors (Lipinski definition) is 2. The second-order valence-corrected chi connectivity index (χ2v) is 3.18. The van der Waals surface area contributed by atoms with E-state index in [0.717, 1.165) is 10.2 Å². The molecule has 1 aromatic carbocycles. The molecule has 0 aliphatic carbocycles. The van der Waals surface area contributed by atoms with E-state index in [2.05, 4.69) is 21.4 Å². The molecule has 0 heterocycles. The molecule has 3 nitrogen and oxygen atoms in total. The molecule has 0 bridgehead atoms. The zero-order chi connectivity index (χ0) is 8.81. The Morgan fingerprint density at radius 1 is 1.50 bits per heavy atom. The Morgan fingerprint density at radius 3 is 3.00 bits per heavy atom. The molecule has 3 N–H and O–H groups in total. The van der Waals surface area contributed by atoms with Crippen LogP contribution in [0.3, 0.4) is 0 Å². The van der Waals surface area contributed by atoms with Crippen LogP contribution in [0.15, 0.2) is 28.7 Å². The van der Waals surface area contributed by atoms with Gasteiger partial charge in [-0.05, 0) is 18.2 Å². The van der Waals surface area contributed by atoms with E-state index in [-0.39, 0.29) is 0 Å². The lowest BCUT2D eigenvalue weighted by Crippen LogP contribution is -2.27. The zero-order valence-electron chi connectivity index (χ0n) is 6.59. The molecule has 4 heteroatoms. The van der Waals surface area contributed by atoms with Crippen LogP contribution in [0.25, 0.3) is 0 Å². The molecule has 0 saturated heterocycles. The molecule has 0 saturated carbocycles. The largest absolute Gasteiger partial charge is 0.492 e.